The van der Waals surface area contributed by atoms with Gasteiger partial charge >= 0.3 is 5.97 Å². The van der Waals surface area contributed by atoms with Gasteiger partial charge in [0.05, 0.1) is 11.7 Å². The quantitative estimate of drug-likeness (QED) is 0.648. The first-order chi connectivity index (χ1) is 11.4. The van der Waals surface area contributed by atoms with Gasteiger partial charge in [-0.1, -0.05) is 42.5 Å². The summed E-state index contributed by atoms with van der Waals surface area (Å²) < 4.78 is 0. The standard InChI is InChI=1S/C12H13N.C5H4N2O4/c1-9(13)11-8-4-6-10-5-2-3-7-12(10)11;8-4(9)2-1-3(5(10)11)7-6-2/h2-9H,13H2,1H3;1H,(H,6,7)(H,8,9)(H,10,11)/t9-;/m0./s1. The number of aromatic amines is 1. The molecule has 0 fully saturated rings. The van der Waals surface area contributed by atoms with Crippen LogP contribution >= 0.6 is 0 Å². The molecule has 1 aromatic heterocycles. The number of aromatic carboxylic acids is 2. The van der Waals surface area contributed by atoms with Gasteiger partial charge in [0, 0.05) is 5.56 Å². The maximum atomic E-state index is 10.1. The number of hydrogen-bond acceptors (Lipinski definition) is 4. The molecule has 1 atom stereocenters. The molecule has 0 bridgehead atoms. The molecule has 5 N–H and O–H groups in total. The second-order valence-electron chi connectivity index (χ2n) is 5.23. The first-order valence-corrected chi connectivity index (χ1v) is 7.21. The Morgan fingerprint density at radius 1 is 1.21 bits per heavy atom. The Balaban J connectivity index is 0.000000177. The summed E-state index contributed by atoms with van der Waals surface area (Å²) in [5.41, 5.74) is 4.70. The Morgan fingerprint density at radius 2 is 1.88 bits per heavy atom. The van der Waals surface area contributed by atoms with E-state index < -0.39 is 11.9 Å². The lowest BCUT2D eigenvalue weighted by Crippen LogP contribution is -2.51. The SMILES string of the molecule is C[C@H]([NH3+])c1cccc2ccccc12.O=C(O)c1cc(C(=O)[O-])[nH]n1. The second-order valence-corrected chi connectivity index (χ2v) is 5.23. The maximum Gasteiger partial charge on any atom is 0.356 e. The van der Waals surface area contributed by atoms with Crippen molar-refractivity contribution in [2.24, 2.45) is 0 Å². The van der Waals surface area contributed by atoms with Crippen LogP contribution in [-0.4, -0.2) is 27.2 Å². The predicted molar refractivity (Wildman–Crippen MR) is 85.1 cm³/mol. The maximum absolute atomic E-state index is 10.1. The first-order valence-electron chi connectivity index (χ1n) is 7.21. The van der Waals surface area contributed by atoms with E-state index in [9.17, 15) is 14.7 Å². The third-order valence-electron chi connectivity index (χ3n) is 3.37. The van der Waals surface area contributed by atoms with Crippen LogP contribution in [0.5, 0.6) is 0 Å². The van der Waals surface area contributed by atoms with Crippen LogP contribution in [0.1, 0.15) is 39.5 Å². The van der Waals surface area contributed by atoms with Crippen LogP contribution in [0.3, 0.4) is 0 Å². The van der Waals surface area contributed by atoms with E-state index >= 15 is 0 Å². The Hall–Kier alpha value is -3.19. The molecular formula is C17H17N3O4. The highest BCUT2D eigenvalue weighted by Gasteiger charge is 2.07. The highest BCUT2D eigenvalue weighted by Crippen LogP contribution is 2.21. The van der Waals surface area contributed by atoms with Crippen LogP contribution < -0.4 is 10.8 Å². The number of nitrogens with one attached hydrogen (secondary N) is 1. The highest BCUT2D eigenvalue weighted by atomic mass is 16.4. The van der Waals surface area contributed by atoms with Gasteiger partial charge in [-0.15, -0.1) is 0 Å². The van der Waals surface area contributed by atoms with Crippen molar-refractivity contribution >= 4 is 22.7 Å². The fourth-order valence-electron chi connectivity index (χ4n) is 2.22. The van der Waals surface area contributed by atoms with Crippen molar-refractivity contribution in [2.45, 2.75) is 13.0 Å². The molecule has 3 aromatic rings. The predicted octanol–water partition coefficient (Wildman–Crippen LogP) is 0.614. The first kappa shape index (κ1) is 17.2. The second kappa shape index (κ2) is 7.38. The number of carboxylic acids is 2. The number of nitrogens with zero attached hydrogens (tertiary/aromatic N) is 1. The lowest BCUT2D eigenvalue weighted by Gasteiger charge is -2.06. The minimum atomic E-state index is -1.48. The monoisotopic (exact) mass is 327 g/mol. The van der Waals surface area contributed by atoms with E-state index in [2.05, 4.69) is 60.2 Å². The van der Waals surface area contributed by atoms with Crippen molar-refractivity contribution in [1.29, 1.82) is 0 Å². The van der Waals surface area contributed by atoms with Gasteiger partial charge in [0.15, 0.2) is 5.69 Å². The molecule has 0 aliphatic rings. The lowest BCUT2D eigenvalue weighted by molar-refractivity contribution is -0.420. The molecule has 0 spiro atoms. The number of carbonyl (C=O) groups is 2. The molecule has 24 heavy (non-hydrogen) atoms. The van der Waals surface area contributed by atoms with E-state index in [0.717, 1.165) is 6.07 Å². The Labute approximate surface area is 137 Å². The normalized spacial score (nSPS) is 11.4. The number of rotatable bonds is 3. The largest absolute Gasteiger partial charge is 0.543 e. The summed E-state index contributed by atoms with van der Waals surface area (Å²) in [5.74, 6) is -2.77. The number of fused-ring (bicyclic) bond motifs is 1. The minimum absolute atomic E-state index is 0.343. The molecule has 0 unspecified atom stereocenters. The number of benzene rings is 2. The highest BCUT2D eigenvalue weighted by molar-refractivity contribution is 5.90. The lowest BCUT2D eigenvalue weighted by atomic mass is 10.0. The summed E-state index contributed by atoms with van der Waals surface area (Å²) >= 11 is 0. The van der Waals surface area contributed by atoms with E-state index in [4.69, 9.17) is 5.11 Å². The molecule has 0 aliphatic carbocycles. The fraction of sp³-hybridized carbons (Fsp3) is 0.118. The molecule has 7 nitrogen and oxygen atoms in total. The van der Waals surface area contributed by atoms with Crippen molar-refractivity contribution in [1.82, 2.24) is 10.2 Å². The van der Waals surface area contributed by atoms with Crippen LogP contribution in [0.2, 0.25) is 0 Å². The number of carboxylic acid groups (broad SMARTS) is 2. The van der Waals surface area contributed by atoms with Gasteiger partial charge in [-0.2, -0.15) is 5.10 Å². The summed E-state index contributed by atoms with van der Waals surface area (Å²) in [6, 6.07) is 16.1. The molecule has 0 aliphatic heterocycles. The van der Waals surface area contributed by atoms with Gasteiger partial charge in [0.2, 0.25) is 0 Å². The molecule has 3 rings (SSSR count). The van der Waals surface area contributed by atoms with Gasteiger partial charge in [-0.25, -0.2) is 4.79 Å². The van der Waals surface area contributed by atoms with Crippen LogP contribution in [0.15, 0.2) is 48.5 Å². The zero-order valence-corrected chi connectivity index (χ0v) is 13.0. The summed E-state index contributed by atoms with van der Waals surface area (Å²) in [5, 5.41) is 26.2. The number of carbonyl (C=O) groups excluding carboxylic acids is 1. The zero-order valence-electron chi connectivity index (χ0n) is 13.0. The third kappa shape index (κ3) is 3.96. The molecular weight excluding hydrogens is 310 g/mol. The van der Waals surface area contributed by atoms with Gasteiger partial charge in [-0.3, -0.25) is 5.10 Å². The van der Waals surface area contributed by atoms with E-state index in [1.807, 2.05) is 5.10 Å². The van der Waals surface area contributed by atoms with Gasteiger partial charge in [-0.05, 0) is 23.8 Å². The van der Waals surface area contributed by atoms with E-state index in [1.165, 1.54) is 16.3 Å². The Morgan fingerprint density at radius 3 is 2.42 bits per heavy atom. The average Bonchev–Trinajstić information content (AvgIpc) is 3.05. The van der Waals surface area contributed by atoms with Crippen molar-refractivity contribution in [3.05, 3.63) is 65.5 Å². The van der Waals surface area contributed by atoms with Crippen LogP contribution in [0.4, 0.5) is 0 Å². The Bertz CT molecular complexity index is 837. The van der Waals surface area contributed by atoms with Gasteiger partial charge < -0.3 is 20.7 Å². The molecule has 0 radical (unpaired) electrons. The summed E-state index contributed by atoms with van der Waals surface area (Å²) in [4.78, 5) is 20.2. The fourth-order valence-corrected chi connectivity index (χ4v) is 2.22. The molecule has 1 heterocycles. The molecule has 2 aromatic carbocycles. The van der Waals surface area contributed by atoms with E-state index in [1.54, 1.807) is 0 Å². The van der Waals surface area contributed by atoms with Crippen LogP contribution in [0.25, 0.3) is 10.8 Å². The van der Waals surface area contributed by atoms with Gasteiger partial charge in [0.25, 0.3) is 0 Å². The molecule has 0 saturated heterocycles. The summed E-state index contributed by atoms with van der Waals surface area (Å²) in [7, 11) is 0. The van der Waals surface area contributed by atoms with Crippen LogP contribution in [0, 0.1) is 0 Å². The minimum Gasteiger partial charge on any atom is -0.543 e. The number of quaternary nitrogens is 1. The van der Waals surface area contributed by atoms with Crippen LogP contribution in [-0.2, 0) is 0 Å². The molecule has 7 heteroatoms. The number of hydrogen-bond donors (Lipinski definition) is 3. The van der Waals surface area contributed by atoms with Crippen molar-refractivity contribution in [3.8, 4) is 0 Å². The summed E-state index contributed by atoms with van der Waals surface area (Å²) in [6.07, 6.45) is 0. The average molecular weight is 327 g/mol. The number of H-pyrrole nitrogens is 1. The van der Waals surface area contributed by atoms with Crippen molar-refractivity contribution in [2.75, 3.05) is 0 Å². The topological polar surface area (TPSA) is 134 Å². The van der Waals surface area contributed by atoms with Crippen molar-refractivity contribution < 1.29 is 25.5 Å². The summed E-state index contributed by atoms with van der Waals surface area (Å²) in [6.45, 7) is 2.13. The smallest absolute Gasteiger partial charge is 0.356 e. The van der Waals surface area contributed by atoms with E-state index in [0.29, 0.717) is 6.04 Å². The molecule has 124 valence electrons. The van der Waals surface area contributed by atoms with E-state index in [-0.39, 0.29) is 11.4 Å². The number of aromatic nitrogens is 2. The third-order valence-corrected chi connectivity index (χ3v) is 3.37. The Kier molecular flexibility index (Phi) is 5.28. The zero-order chi connectivity index (χ0) is 17.7. The van der Waals surface area contributed by atoms with Crippen molar-refractivity contribution in [3.63, 3.8) is 0 Å². The van der Waals surface area contributed by atoms with Gasteiger partial charge in [0.1, 0.15) is 6.04 Å². The molecule has 0 amide bonds. The molecule has 0 saturated carbocycles.